The van der Waals surface area contributed by atoms with Crippen LogP contribution in [-0.4, -0.2) is 37.1 Å². The van der Waals surface area contributed by atoms with E-state index in [1.54, 1.807) is 0 Å². The lowest BCUT2D eigenvalue weighted by atomic mass is 9.77. The van der Waals surface area contributed by atoms with Gasteiger partial charge < -0.3 is 10.2 Å². The Morgan fingerprint density at radius 2 is 1.63 bits per heavy atom. The Bertz CT molecular complexity index is 236. The van der Waals surface area contributed by atoms with Gasteiger partial charge in [0.05, 0.1) is 0 Å². The second-order valence-electron chi connectivity index (χ2n) is 7.16. The maximum atomic E-state index is 3.60. The summed E-state index contributed by atoms with van der Waals surface area (Å²) in [5.41, 5.74) is 0. The molecule has 1 N–H and O–H groups in total. The van der Waals surface area contributed by atoms with Crippen molar-refractivity contribution in [3.8, 4) is 0 Å². The molecule has 0 amide bonds. The summed E-state index contributed by atoms with van der Waals surface area (Å²) in [4.78, 5) is 2.73. The zero-order chi connectivity index (χ0) is 13.7. The van der Waals surface area contributed by atoms with E-state index < -0.39 is 0 Å². The molecule has 1 heterocycles. The van der Waals surface area contributed by atoms with E-state index in [9.17, 15) is 0 Å². The molecule has 0 atom stereocenters. The van der Waals surface area contributed by atoms with Crippen LogP contribution in [0.1, 0.15) is 59.3 Å². The van der Waals surface area contributed by atoms with E-state index in [0.717, 1.165) is 30.3 Å². The van der Waals surface area contributed by atoms with E-state index in [2.05, 4.69) is 31.0 Å². The van der Waals surface area contributed by atoms with Crippen molar-refractivity contribution in [2.24, 2.45) is 17.8 Å². The van der Waals surface area contributed by atoms with Crippen molar-refractivity contribution >= 4 is 0 Å². The number of hydrogen-bond donors (Lipinski definition) is 1. The molecule has 0 bridgehead atoms. The predicted molar refractivity (Wildman–Crippen MR) is 83.4 cm³/mol. The van der Waals surface area contributed by atoms with Crippen molar-refractivity contribution in [2.45, 2.75) is 65.3 Å². The highest BCUT2D eigenvalue weighted by atomic mass is 15.1. The monoisotopic (exact) mass is 266 g/mol. The Morgan fingerprint density at radius 3 is 2.16 bits per heavy atom. The highest BCUT2D eigenvalue weighted by molar-refractivity contribution is 4.81. The van der Waals surface area contributed by atoms with Gasteiger partial charge in [0.2, 0.25) is 0 Å². The lowest BCUT2D eigenvalue weighted by molar-refractivity contribution is 0.136. The van der Waals surface area contributed by atoms with Crippen molar-refractivity contribution in [1.29, 1.82) is 0 Å². The number of nitrogens with one attached hydrogen (secondary N) is 1. The minimum atomic E-state index is 0.790. The topological polar surface area (TPSA) is 15.3 Å². The third-order valence-corrected chi connectivity index (χ3v) is 5.43. The van der Waals surface area contributed by atoms with E-state index in [0.29, 0.717) is 0 Å². The van der Waals surface area contributed by atoms with Crippen LogP contribution in [0.3, 0.4) is 0 Å². The molecule has 0 aromatic carbocycles. The van der Waals surface area contributed by atoms with Gasteiger partial charge in [-0.2, -0.15) is 0 Å². The molecule has 2 aliphatic rings. The number of hydrogen-bond acceptors (Lipinski definition) is 2. The minimum Gasteiger partial charge on any atom is -0.314 e. The van der Waals surface area contributed by atoms with Crippen LogP contribution in [0.2, 0.25) is 0 Å². The van der Waals surface area contributed by atoms with Crippen molar-refractivity contribution < 1.29 is 0 Å². The van der Waals surface area contributed by atoms with Gasteiger partial charge in [-0.05, 0) is 75.9 Å². The molecule has 1 aliphatic heterocycles. The average Bonchev–Trinajstić information content (AvgIpc) is 2.42. The summed E-state index contributed by atoms with van der Waals surface area (Å²) in [5.74, 6) is 2.90. The molecule has 0 radical (unpaired) electrons. The fourth-order valence-corrected chi connectivity index (χ4v) is 4.01. The lowest BCUT2D eigenvalue weighted by Crippen LogP contribution is -2.44. The smallest absolute Gasteiger partial charge is 0.00912 e. The van der Waals surface area contributed by atoms with Gasteiger partial charge >= 0.3 is 0 Å². The molecular weight excluding hydrogens is 232 g/mol. The third kappa shape index (κ3) is 4.75. The first-order valence-electron chi connectivity index (χ1n) is 8.64. The van der Waals surface area contributed by atoms with Crippen molar-refractivity contribution in [1.82, 2.24) is 10.2 Å². The molecule has 2 heteroatoms. The highest BCUT2D eigenvalue weighted by Gasteiger charge is 2.26. The predicted octanol–water partition coefficient (Wildman–Crippen LogP) is 3.52. The normalized spacial score (nSPS) is 30.9. The summed E-state index contributed by atoms with van der Waals surface area (Å²) >= 11 is 0. The van der Waals surface area contributed by atoms with Crippen LogP contribution in [0.25, 0.3) is 0 Å². The van der Waals surface area contributed by atoms with E-state index in [1.807, 2.05) is 0 Å². The summed E-state index contributed by atoms with van der Waals surface area (Å²) in [6.07, 6.45) is 8.64. The highest BCUT2D eigenvalue weighted by Crippen LogP contribution is 2.33. The SMILES string of the molecule is CCNC1CCN(CC2CCC(C(C)C)CC2)CC1. The second-order valence-corrected chi connectivity index (χ2v) is 7.16. The number of piperidine rings is 1. The molecule has 0 aromatic heterocycles. The molecule has 2 rings (SSSR count). The van der Waals surface area contributed by atoms with E-state index in [4.69, 9.17) is 0 Å². The fourth-order valence-electron chi connectivity index (χ4n) is 4.01. The zero-order valence-corrected chi connectivity index (χ0v) is 13.3. The Balaban J connectivity index is 1.64. The standard InChI is InChI=1S/C17H34N2/c1-4-18-17-9-11-19(12-10-17)13-15-5-7-16(8-6-15)14(2)3/h14-18H,4-13H2,1-3H3. The second kappa shape index (κ2) is 7.64. The quantitative estimate of drug-likeness (QED) is 0.819. The van der Waals surface area contributed by atoms with Crippen LogP contribution >= 0.6 is 0 Å². The molecule has 0 spiro atoms. The molecule has 1 saturated carbocycles. The Kier molecular flexibility index (Phi) is 6.15. The van der Waals surface area contributed by atoms with Crippen LogP contribution in [0.4, 0.5) is 0 Å². The van der Waals surface area contributed by atoms with Crippen LogP contribution in [0, 0.1) is 17.8 Å². The molecule has 0 aromatic rings. The molecule has 0 unspecified atom stereocenters. The minimum absolute atomic E-state index is 0.790. The molecule has 1 aliphatic carbocycles. The van der Waals surface area contributed by atoms with Crippen LogP contribution in [0.5, 0.6) is 0 Å². The summed E-state index contributed by atoms with van der Waals surface area (Å²) in [6, 6.07) is 0.790. The maximum absolute atomic E-state index is 3.60. The molecule has 2 fully saturated rings. The van der Waals surface area contributed by atoms with Crippen molar-refractivity contribution in [2.75, 3.05) is 26.2 Å². The van der Waals surface area contributed by atoms with Crippen LogP contribution in [0.15, 0.2) is 0 Å². The van der Waals surface area contributed by atoms with Gasteiger partial charge in [-0.3, -0.25) is 0 Å². The summed E-state index contributed by atoms with van der Waals surface area (Å²) < 4.78 is 0. The third-order valence-electron chi connectivity index (χ3n) is 5.43. The molecule has 19 heavy (non-hydrogen) atoms. The fraction of sp³-hybridized carbons (Fsp3) is 1.00. The molecule has 112 valence electrons. The van der Waals surface area contributed by atoms with E-state index in [-0.39, 0.29) is 0 Å². The average molecular weight is 266 g/mol. The van der Waals surface area contributed by atoms with Crippen LogP contribution in [-0.2, 0) is 0 Å². The van der Waals surface area contributed by atoms with E-state index >= 15 is 0 Å². The lowest BCUT2D eigenvalue weighted by Gasteiger charge is -2.37. The number of rotatable bonds is 5. The van der Waals surface area contributed by atoms with Crippen LogP contribution < -0.4 is 5.32 Å². The van der Waals surface area contributed by atoms with Gasteiger partial charge in [-0.15, -0.1) is 0 Å². The first-order chi connectivity index (χ1) is 9.19. The zero-order valence-electron chi connectivity index (χ0n) is 13.3. The first-order valence-corrected chi connectivity index (χ1v) is 8.64. The van der Waals surface area contributed by atoms with Crippen molar-refractivity contribution in [3.63, 3.8) is 0 Å². The number of likely N-dealkylation sites (tertiary alicyclic amines) is 1. The van der Waals surface area contributed by atoms with E-state index in [1.165, 1.54) is 58.2 Å². The first kappa shape index (κ1) is 15.3. The maximum Gasteiger partial charge on any atom is 0.00912 e. The van der Waals surface area contributed by atoms with Crippen molar-refractivity contribution in [3.05, 3.63) is 0 Å². The summed E-state index contributed by atoms with van der Waals surface area (Å²) in [7, 11) is 0. The Morgan fingerprint density at radius 1 is 1.00 bits per heavy atom. The van der Waals surface area contributed by atoms with Gasteiger partial charge in [0.15, 0.2) is 0 Å². The molecule has 1 saturated heterocycles. The summed E-state index contributed by atoms with van der Waals surface area (Å²) in [6.45, 7) is 12.2. The molecular formula is C17H34N2. The largest absolute Gasteiger partial charge is 0.314 e. The van der Waals surface area contributed by atoms with Gasteiger partial charge in [0.1, 0.15) is 0 Å². The summed E-state index contributed by atoms with van der Waals surface area (Å²) in [5, 5.41) is 3.60. The number of nitrogens with zero attached hydrogens (tertiary/aromatic N) is 1. The van der Waals surface area contributed by atoms with Gasteiger partial charge in [0, 0.05) is 12.6 Å². The van der Waals surface area contributed by atoms with Gasteiger partial charge in [-0.25, -0.2) is 0 Å². The Labute approximate surface area is 120 Å². The molecule has 2 nitrogen and oxygen atoms in total. The Hall–Kier alpha value is -0.0800. The van der Waals surface area contributed by atoms with Gasteiger partial charge in [0.25, 0.3) is 0 Å². The van der Waals surface area contributed by atoms with Gasteiger partial charge in [-0.1, -0.05) is 20.8 Å².